The van der Waals surface area contributed by atoms with Crippen molar-refractivity contribution < 1.29 is 31.9 Å². The SMILES string of the molecule is O=C(O)c1oc(-c2cc(Cl)ccc2F)nc1C(F)(F)F. The number of carbonyl (C=O) groups is 1. The lowest BCUT2D eigenvalue weighted by atomic mass is 10.2. The number of alkyl halides is 3. The standard InChI is InChI=1S/C11H4ClF4NO3/c12-4-1-2-6(13)5(3-4)9-17-8(11(14,15)16)7(20-9)10(18)19/h1-3H,(H,18,19). The predicted octanol–water partition coefficient (Wildman–Crippen LogP) is 3.85. The lowest BCUT2D eigenvalue weighted by Crippen LogP contribution is -2.11. The van der Waals surface area contributed by atoms with E-state index in [2.05, 4.69) is 9.40 Å². The van der Waals surface area contributed by atoms with Gasteiger partial charge < -0.3 is 9.52 Å². The maximum atomic E-state index is 13.5. The summed E-state index contributed by atoms with van der Waals surface area (Å²) in [5, 5.41) is 8.69. The summed E-state index contributed by atoms with van der Waals surface area (Å²) in [4.78, 5) is 13.7. The second-order valence-corrected chi connectivity index (χ2v) is 4.06. The number of benzene rings is 1. The molecule has 0 aliphatic heterocycles. The fourth-order valence-electron chi connectivity index (χ4n) is 1.43. The van der Waals surface area contributed by atoms with Crippen LogP contribution in [-0.2, 0) is 6.18 Å². The number of hydrogen-bond acceptors (Lipinski definition) is 3. The minimum atomic E-state index is -5.04. The Morgan fingerprint density at radius 1 is 1.35 bits per heavy atom. The minimum Gasteiger partial charge on any atom is -0.475 e. The van der Waals surface area contributed by atoms with E-state index in [1.807, 2.05) is 0 Å². The molecule has 2 aromatic rings. The van der Waals surface area contributed by atoms with Crippen molar-refractivity contribution in [2.45, 2.75) is 6.18 Å². The largest absolute Gasteiger partial charge is 0.475 e. The summed E-state index contributed by atoms with van der Waals surface area (Å²) in [5.74, 6) is -5.12. The predicted molar refractivity (Wildman–Crippen MR) is 58.9 cm³/mol. The van der Waals surface area contributed by atoms with E-state index in [1.165, 1.54) is 6.07 Å². The molecule has 0 radical (unpaired) electrons. The highest BCUT2D eigenvalue weighted by molar-refractivity contribution is 6.30. The Morgan fingerprint density at radius 3 is 2.50 bits per heavy atom. The molecule has 9 heteroatoms. The van der Waals surface area contributed by atoms with Gasteiger partial charge in [0.1, 0.15) is 5.82 Å². The summed E-state index contributed by atoms with van der Waals surface area (Å²) in [5.41, 5.74) is -2.20. The molecule has 0 aliphatic rings. The van der Waals surface area contributed by atoms with Crippen molar-refractivity contribution in [3.05, 3.63) is 40.5 Å². The van der Waals surface area contributed by atoms with Crippen molar-refractivity contribution in [1.29, 1.82) is 0 Å². The maximum Gasteiger partial charge on any atom is 0.437 e. The first-order valence-electron chi connectivity index (χ1n) is 4.97. The van der Waals surface area contributed by atoms with Crippen LogP contribution < -0.4 is 0 Å². The zero-order valence-corrected chi connectivity index (χ0v) is 10.1. The van der Waals surface area contributed by atoms with E-state index in [1.54, 1.807) is 0 Å². The second kappa shape index (κ2) is 4.78. The average Bonchev–Trinajstić information content (AvgIpc) is 2.77. The van der Waals surface area contributed by atoms with Crippen LogP contribution in [0.3, 0.4) is 0 Å². The quantitative estimate of drug-likeness (QED) is 0.856. The molecule has 0 saturated heterocycles. The highest BCUT2D eigenvalue weighted by Crippen LogP contribution is 2.35. The number of oxazole rings is 1. The monoisotopic (exact) mass is 309 g/mol. The summed E-state index contributed by atoms with van der Waals surface area (Å²) in [6.07, 6.45) is -5.04. The highest BCUT2D eigenvalue weighted by Gasteiger charge is 2.41. The van der Waals surface area contributed by atoms with Crippen molar-refractivity contribution in [3.63, 3.8) is 0 Å². The van der Waals surface area contributed by atoms with Crippen LogP contribution in [0.4, 0.5) is 17.6 Å². The molecule has 0 aliphatic carbocycles. The van der Waals surface area contributed by atoms with Crippen LogP contribution in [0.1, 0.15) is 16.2 Å². The van der Waals surface area contributed by atoms with E-state index in [-0.39, 0.29) is 5.02 Å². The molecule has 0 atom stereocenters. The number of carboxylic acids is 1. The molecule has 0 bridgehead atoms. The van der Waals surface area contributed by atoms with Crippen LogP contribution in [0.25, 0.3) is 11.5 Å². The van der Waals surface area contributed by atoms with Crippen LogP contribution in [0, 0.1) is 5.82 Å². The summed E-state index contributed by atoms with van der Waals surface area (Å²) in [6, 6.07) is 3.05. The van der Waals surface area contributed by atoms with Gasteiger partial charge in [0.25, 0.3) is 0 Å². The number of nitrogens with zero attached hydrogens (tertiary/aromatic N) is 1. The first-order chi connectivity index (χ1) is 9.20. The molecular weight excluding hydrogens is 306 g/mol. The molecule has 20 heavy (non-hydrogen) atoms. The zero-order valence-electron chi connectivity index (χ0n) is 9.33. The molecule has 1 N–H and O–H groups in total. The molecule has 106 valence electrons. The Balaban J connectivity index is 2.65. The van der Waals surface area contributed by atoms with Gasteiger partial charge in [-0.15, -0.1) is 0 Å². The van der Waals surface area contributed by atoms with Gasteiger partial charge in [0.2, 0.25) is 11.7 Å². The van der Waals surface area contributed by atoms with E-state index in [0.717, 1.165) is 12.1 Å². The van der Waals surface area contributed by atoms with E-state index in [9.17, 15) is 22.4 Å². The van der Waals surface area contributed by atoms with Gasteiger partial charge in [0, 0.05) is 5.02 Å². The van der Waals surface area contributed by atoms with Gasteiger partial charge in [-0.1, -0.05) is 11.6 Å². The average molecular weight is 310 g/mol. The molecule has 1 aromatic carbocycles. The van der Waals surface area contributed by atoms with Crippen molar-refractivity contribution >= 4 is 17.6 Å². The first-order valence-corrected chi connectivity index (χ1v) is 5.34. The molecule has 0 unspecified atom stereocenters. The lowest BCUT2D eigenvalue weighted by molar-refractivity contribution is -0.141. The fourth-order valence-corrected chi connectivity index (χ4v) is 1.61. The molecule has 0 amide bonds. The number of carboxylic acid groups (broad SMARTS) is 1. The van der Waals surface area contributed by atoms with Gasteiger partial charge in [-0.05, 0) is 18.2 Å². The lowest BCUT2D eigenvalue weighted by Gasteiger charge is -2.01. The van der Waals surface area contributed by atoms with E-state index in [4.69, 9.17) is 16.7 Å². The van der Waals surface area contributed by atoms with Crippen LogP contribution >= 0.6 is 11.6 Å². The van der Waals surface area contributed by atoms with Crippen molar-refractivity contribution in [1.82, 2.24) is 4.98 Å². The molecule has 0 fully saturated rings. The van der Waals surface area contributed by atoms with Crippen molar-refractivity contribution in [3.8, 4) is 11.5 Å². The number of halogens is 5. The summed E-state index contributed by atoms with van der Waals surface area (Å²) in [7, 11) is 0. The van der Waals surface area contributed by atoms with Gasteiger partial charge in [0.05, 0.1) is 5.56 Å². The van der Waals surface area contributed by atoms with E-state index in [0.29, 0.717) is 0 Å². The van der Waals surface area contributed by atoms with Crippen LogP contribution in [-0.4, -0.2) is 16.1 Å². The Bertz CT molecular complexity index is 681. The summed E-state index contributed by atoms with van der Waals surface area (Å²) < 4.78 is 55.8. The van der Waals surface area contributed by atoms with Gasteiger partial charge in [-0.25, -0.2) is 14.2 Å². The normalized spacial score (nSPS) is 11.7. The van der Waals surface area contributed by atoms with Gasteiger partial charge in [-0.3, -0.25) is 0 Å². The molecule has 0 spiro atoms. The fraction of sp³-hybridized carbons (Fsp3) is 0.0909. The molecule has 1 aromatic heterocycles. The first kappa shape index (κ1) is 14.3. The highest BCUT2D eigenvalue weighted by atomic mass is 35.5. The van der Waals surface area contributed by atoms with Crippen LogP contribution in [0.15, 0.2) is 22.6 Å². The van der Waals surface area contributed by atoms with Crippen molar-refractivity contribution in [2.75, 3.05) is 0 Å². The Hall–Kier alpha value is -2.09. The van der Waals surface area contributed by atoms with Gasteiger partial charge in [-0.2, -0.15) is 13.2 Å². The second-order valence-electron chi connectivity index (χ2n) is 3.62. The van der Waals surface area contributed by atoms with Crippen LogP contribution in [0.2, 0.25) is 5.02 Å². The van der Waals surface area contributed by atoms with Crippen LogP contribution in [0.5, 0.6) is 0 Å². The number of aromatic nitrogens is 1. The Morgan fingerprint density at radius 2 is 2.00 bits per heavy atom. The summed E-state index contributed by atoms with van der Waals surface area (Å²) >= 11 is 5.59. The maximum absolute atomic E-state index is 13.5. The van der Waals surface area contributed by atoms with E-state index >= 15 is 0 Å². The van der Waals surface area contributed by atoms with E-state index < -0.39 is 40.9 Å². The number of rotatable bonds is 2. The number of aromatic carboxylic acids is 1. The summed E-state index contributed by atoms with van der Waals surface area (Å²) in [6.45, 7) is 0. The van der Waals surface area contributed by atoms with Crippen molar-refractivity contribution in [2.24, 2.45) is 0 Å². The molecule has 4 nitrogen and oxygen atoms in total. The number of hydrogen-bond donors (Lipinski definition) is 1. The zero-order chi connectivity index (χ0) is 15.1. The van der Waals surface area contributed by atoms with Gasteiger partial charge in [0.15, 0.2) is 5.69 Å². The Labute approximate surface area is 113 Å². The molecule has 1 heterocycles. The third-order valence-electron chi connectivity index (χ3n) is 2.25. The smallest absolute Gasteiger partial charge is 0.437 e. The topological polar surface area (TPSA) is 63.3 Å². The minimum absolute atomic E-state index is 0.0324. The molecule has 0 saturated carbocycles. The third-order valence-corrected chi connectivity index (χ3v) is 2.48. The van der Waals surface area contributed by atoms with Gasteiger partial charge >= 0.3 is 12.1 Å². The molecular formula is C11H4ClF4NO3. The Kier molecular flexibility index (Phi) is 3.43. The molecule has 2 rings (SSSR count). The third kappa shape index (κ3) is 2.60.